The van der Waals surface area contributed by atoms with Crippen LogP contribution in [0.15, 0.2) is 42.7 Å². The molecule has 0 unspecified atom stereocenters. The molecule has 0 spiro atoms. The predicted octanol–water partition coefficient (Wildman–Crippen LogP) is 3.13. The minimum absolute atomic E-state index is 0.730. The number of H-pyrrole nitrogens is 1. The monoisotopic (exact) mass is 252 g/mol. The van der Waals surface area contributed by atoms with Crippen molar-refractivity contribution in [1.82, 2.24) is 15.2 Å². The van der Waals surface area contributed by atoms with Gasteiger partial charge in [0.25, 0.3) is 0 Å². The van der Waals surface area contributed by atoms with Crippen LogP contribution in [0.3, 0.4) is 0 Å². The molecule has 0 atom stereocenters. The van der Waals surface area contributed by atoms with E-state index in [2.05, 4.69) is 45.6 Å². The van der Waals surface area contributed by atoms with Crippen LogP contribution in [-0.4, -0.2) is 15.2 Å². The molecule has 0 aliphatic heterocycles. The summed E-state index contributed by atoms with van der Waals surface area (Å²) >= 11 is 0. The van der Waals surface area contributed by atoms with Crippen LogP contribution in [-0.2, 0) is 13.0 Å². The van der Waals surface area contributed by atoms with Crippen molar-refractivity contribution in [3.8, 4) is 0 Å². The average molecular weight is 252 g/mol. The third kappa shape index (κ3) is 2.57. The Labute approximate surface area is 111 Å². The second-order valence-corrected chi connectivity index (χ2v) is 4.54. The van der Waals surface area contributed by atoms with Crippen molar-refractivity contribution in [2.24, 2.45) is 0 Å². The van der Waals surface area contributed by atoms with Crippen molar-refractivity contribution < 1.29 is 0 Å². The van der Waals surface area contributed by atoms with E-state index in [4.69, 9.17) is 0 Å². The maximum atomic E-state index is 4.44. The predicted molar refractivity (Wildman–Crippen MR) is 77.0 cm³/mol. The van der Waals surface area contributed by atoms with Crippen molar-refractivity contribution >= 4 is 16.6 Å². The van der Waals surface area contributed by atoms with E-state index in [-0.39, 0.29) is 0 Å². The van der Waals surface area contributed by atoms with E-state index < -0.39 is 0 Å². The summed E-state index contributed by atoms with van der Waals surface area (Å²) in [6.45, 7) is 2.86. The zero-order valence-corrected chi connectivity index (χ0v) is 10.9. The molecule has 3 rings (SSSR count). The molecule has 0 amide bonds. The minimum Gasteiger partial charge on any atom is -0.379 e. The maximum absolute atomic E-state index is 4.44. The van der Waals surface area contributed by atoms with Crippen LogP contribution in [0, 0.1) is 0 Å². The number of rotatable bonds is 4. The fourth-order valence-corrected chi connectivity index (χ4v) is 2.01. The van der Waals surface area contributed by atoms with E-state index in [1.54, 1.807) is 0 Å². The smallest absolute Gasteiger partial charge is 0.0651 e. The van der Waals surface area contributed by atoms with E-state index in [1.807, 2.05) is 24.5 Å². The fraction of sp³-hybridized carbons (Fsp3) is 0.200. The van der Waals surface area contributed by atoms with Crippen molar-refractivity contribution in [3.63, 3.8) is 0 Å². The molecule has 1 aromatic carbocycles. The van der Waals surface area contributed by atoms with Crippen LogP contribution in [0.1, 0.15) is 18.2 Å². The van der Waals surface area contributed by atoms with E-state index in [9.17, 15) is 0 Å². The number of aromatic nitrogens is 3. The molecule has 96 valence electrons. The minimum atomic E-state index is 0.730. The Morgan fingerprint density at radius 1 is 1.16 bits per heavy atom. The molecule has 0 aliphatic carbocycles. The lowest BCUT2D eigenvalue weighted by Gasteiger charge is -2.06. The van der Waals surface area contributed by atoms with Crippen molar-refractivity contribution in [1.29, 1.82) is 0 Å². The number of pyridine rings is 1. The van der Waals surface area contributed by atoms with Crippen LogP contribution in [0.5, 0.6) is 0 Å². The van der Waals surface area contributed by atoms with Crippen LogP contribution in [0.4, 0.5) is 5.69 Å². The summed E-state index contributed by atoms with van der Waals surface area (Å²) in [4.78, 5) is 4.44. The largest absolute Gasteiger partial charge is 0.379 e. The van der Waals surface area contributed by atoms with Crippen LogP contribution >= 0.6 is 0 Å². The first kappa shape index (κ1) is 11.7. The molecule has 4 nitrogen and oxygen atoms in total. The molecule has 19 heavy (non-hydrogen) atoms. The number of anilines is 1. The standard InChI is InChI=1S/C15H16N4/c1-2-11-3-4-14(16-8-11)10-17-13-5-6-15-12(7-13)9-18-19-15/h3-9,17H,2,10H2,1H3,(H,18,19). The van der Waals surface area contributed by atoms with Crippen molar-refractivity contribution in [3.05, 3.63) is 54.0 Å². The Morgan fingerprint density at radius 2 is 2.11 bits per heavy atom. The molecule has 2 heterocycles. The summed E-state index contributed by atoms with van der Waals surface area (Å²) in [5, 5.41) is 11.4. The van der Waals surface area contributed by atoms with Crippen LogP contribution in [0.25, 0.3) is 10.9 Å². The maximum Gasteiger partial charge on any atom is 0.0651 e. The third-order valence-electron chi connectivity index (χ3n) is 3.21. The van der Waals surface area contributed by atoms with E-state index >= 15 is 0 Å². The molecule has 0 aliphatic rings. The molecule has 0 bridgehead atoms. The van der Waals surface area contributed by atoms with Gasteiger partial charge < -0.3 is 5.32 Å². The highest BCUT2D eigenvalue weighted by Gasteiger charge is 1.99. The SMILES string of the molecule is CCc1ccc(CNc2ccc3[nH]ncc3c2)nc1. The Bertz CT molecular complexity index is 670. The Morgan fingerprint density at radius 3 is 2.89 bits per heavy atom. The Kier molecular flexibility index (Phi) is 3.14. The number of nitrogens with zero attached hydrogens (tertiary/aromatic N) is 2. The van der Waals surface area contributed by atoms with Gasteiger partial charge >= 0.3 is 0 Å². The second-order valence-electron chi connectivity index (χ2n) is 4.54. The number of aromatic amines is 1. The molecular formula is C15H16N4. The number of nitrogens with one attached hydrogen (secondary N) is 2. The lowest BCUT2D eigenvalue weighted by atomic mass is 10.2. The summed E-state index contributed by atoms with van der Waals surface area (Å²) in [7, 11) is 0. The summed E-state index contributed by atoms with van der Waals surface area (Å²) in [6.07, 6.45) is 4.79. The topological polar surface area (TPSA) is 53.6 Å². The average Bonchev–Trinajstić information content (AvgIpc) is 2.93. The zero-order chi connectivity index (χ0) is 13.1. The van der Waals surface area contributed by atoms with Crippen molar-refractivity contribution in [2.75, 3.05) is 5.32 Å². The number of aryl methyl sites for hydroxylation is 1. The van der Waals surface area contributed by atoms with Crippen molar-refractivity contribution in [2.45, 2.75) is 19.9 Å². The summed E-state index contributed by atoms with van der Waals surface area (Å²) in [5.74, 6) is 0. The van der Waals surface area contributed by atoms with Crippen LogP contribution in [0.2, 0.25) is 0 Å². The van der Waals surface area contributed by atoms with Gasteiger partial charge in [0.2, 0.25) is 0 Å². The molecule has 0 saturated carbocycles. The number of benzene rings is 1. The van der Waals surface area contributed by atoms with E-state index in [0.717, 1.165) is 35.2 Å². The molecule has 0 radical (unpaired) electrons. The van der Waals surface area contributed by atoms with Gasteiger partial charge in [-0.1, -0.05) is 13.0 Å². The van der Waals surface area contributed by atoms with Gasteiger partial charge in [0.15, 0.2) is 0 Å². The third-order valence-corrected chi connectivity index (χ3v) is 3.21. The summed E-state index contributed by atoms with van der Waals surface area (Å²) < 4.78 is 0. The molecule has 0 saturated heterocycles. The molecule has 0 fully saturated rings. The van der Waals surface area contributed by atoms with E-state index in [1.165, 1.54) is 5.56 Å². The first-order valence-corrected chi connectivity index (χ1v) is 6.46. The number of fused-ring (bicyclic) bond motifs is 1. The van der Waals surface area contributed by atoms with Gasteiger partial charge in [0, 0.05) is 17.3 Å². The van der Waals surface area contributed by atoms with Gasteiger partial charge in [-0.3, -0.25) is 10.1 Å². The first-order chi connectivity index (χ1) is 9.35. The summed E-state index contributed by atoms with van der Waals surface area (Å²) in [5.41, 5.74) is 4.44. The highest BCUT2D eigenvalue weighted by atomic mass is 15.1. The Hall–Kier alpha value is -2.36. The molecule has 3 aromatic rings. The van der Waals surface area contributed by atoms with Gasteiger partial charge in [-0.15, -0.1) is 0 Å². The number of hydrogen-bond acceptors (Lipinski definition) is 3. The van der Waals surface area contributed by atoms with Gasteiger partial charge in [0.1, 0.15) is 0 Å². The summed E-state index contributed by atoms with van der Waals surface area (Å²) in [6, 6.07) is 10.4. The quantitative estimate of drug-likeness (QED) is 0.750. The van der Waals surface area contributed by atoms with Gasteiger partial charge in [-0.25, -0.2) is 0 Å². The highest BCUT2D eigenvalue weighted by Crippen LogP contribution is 2.17. The Balaban J connectivity index is 1.70. The van der Waals surface area contributed by atoms with Gasteiger partial charge in [0.05, 0.1) is 24.0 Å². The molecule has 2 aromatic heterocycles. The normalized spacial score (nSPS) is 10.8. The first-order valence-electron chi connectivity index (χ1n) is 6.46. The van der Waals surface area contributed by atoms with Gasteiger partial charge in [-0.2, -0.15) is 5.10 Å². The molecule has 2 N–H and O–H groups in total. The fourth-order valence-electron chi connectivity index (χ4n) is 2.01. The highest BCUT2D eigenvalue weighted by molar-refractivity contribution is 5.81. The number of hydrogen-bond donors (Lipinski definition) is 2. The molecular weight excluding hydrogens is 236 g/mol. The molecule has 4 heteroatoms. The van der Waals surface area contributed by atoms with Crippen LogP contribution < -0.4 is 5.32 Å². The second kappa shape index (κ2) is 5.10. The lowest BCUT2D eigenvalue weighted by molar-refractivity contribution is 1.01. The van der Waals surface area contributed by atoms with Gasteiger partial charge in [-0.05, 0) is 36.2 Å². The lowest BCUT2D eigenvalue weighted by Crippen LogP contribution is -2.01. The van der Waals surface area contributed by atoms with E-state index in [0.29, 0.717) is 0 Å². The zero-order valence-electron chi connectivity index (χ0n) is 10.9.